The highest BCUT2D eigenvalue weighted by molar-refractivity contribution is 6.85. The van der Waals surface area contributed by atoms with E-state index in [1.54, 1.807) is 0 Å². The first-order chi connectivity index (χ1) is 25.2. The van der Waals surface area contributed by atoms with Gasteiger partial charge in [0.2, 0.25) is 0 Å². The molecule has 0 fully saturated rings. The topological polar surface area (TPSA) is 161 Å². The molecule has 0 heterocycles. The Morgan fingerprint density at radius 3 is 0.722 bits per heavy atom. The van der Waals surface area contributed by atoms with Crippen LogP contribution in [0.5, 0.6) is 0 Å². The first-order valence-electron chi connectivity index (χ1n) is 18.4. The van der Waals surface area contributed by atoms with Crippen molar-refractivity contribution in [2.45, 2.75) is 128 Å². The minimum Gasteiger partial charge on any atom is -0.455 e. The van der Waals surface area contributed by atoms with Crippen LogP contribution in [0.1, 0.15) is 51.4 Å². The molecular weight excluding hydrogens is 769 g/mol. The van der Waals surface area contributed by atoms with Gasteiger partial charge in [0, 0.05) is 0 Å². The van der Waals surface area contributed by atoms with Gasteiger partial charge < -0.3 is 46.1 Å². The summed E-state index contributed by atoms with van der Waals surface area (Å²) in [6.45, 7) is 32.3. The largest absolute Gasteiger partial charge is 0.513 e. The molecule has 0 saturated heterocycles. The van der Waals surface area contributed by atoms with E-state index in [2.05, 4.69) is 97.6 Å². The van der Waals surface area contributed by atoms with Crippen LogP contribution in [0.4, 0.5) is 19.2 Å². The summed E-state index contributed by atoms with van der Waals surface area (Å²) in [5.74, 6) is 0. The highest BCUT2D eigenvalue weighted by atomic mass is 28.4. The van der Waals surface area contributed by atoms with Crippen molar-refractivity contribution in [3.8, 4) is 0 Å². The maximum atomic E-state index is 11.0. The van der Waals surface area contributed by atoms with Gasteiger partial charge in [-0.3, -0.25) is 0 Å². The number of rotatable bonds is 28. The number of carbonyl (C=O) groups is 4. The maximum Gasteiger partial charge on any atom is 0.513 e. The standard InChI is InChI=1S/2C18H34O7Si2/c2*1-7-21-17(19)23-13-9-11-15-26(3,4)25-27(5,6)16-12-10-14-24-18(20)22-8-2/h2*7-8H,1-2,9-16H2,3-6H3. The highest BCUT2D eigenvalue weighted by Crippen LogP contribution is 2.26. The predicted molar refractivity (Wildman–Crippen MR) is 219 cm³/mol. The van der Waals surface area contributed by atoms with Crippen LogP contribution in [-0.4, -0.2) is 84.3 Å². The van der Waals surface area contributed by atoms with Crippen LogP contribution in [0.15, 0.2) is 51.4 Å². The summed E-state index contributed by atoms with van der Waals surface area (Å²) in [4.78, 5) is 44.2. The van der Waals surface area contributed by atoms with Gasteiger partial charge in [-0.2, -0.15) is 0 Å². The van der Waals surface area contributed by atoms with Crippen LogP contribution in [-0.2, 0) is 46.1 Å². The van der Waals surface area contributed by atoms with Crippen molar-refractivity contribution in [3.05, 3.63) is 51.4 Å². The first kappa shape index (κ1) is 52.9. The van der Waals surface area contributed by atoms with Crippen molar-refractivity contribution in [1.82, 2.24) is 0 Å². The first-order valence-corrected chi connectivity index (χ1v) is 30.9. The van der Waals surface area contributed by atoms with Gasteiger partial charge in [-0.1, -0.05) is 52.0 Å². The van der Waals surface area contributed by atoms with Crippen LogP contribution in [0.25, 0.3) is 0 Å². The number of ether oxygens (including phenoxy) is 8. The molecule has 0 aliphatic rings. The Kier molecular flexibility index (Phi) is 29.5. The second kappa shape index (κ2) is 30.1. The third-order valence-corrected chi connectivity index (χ3v) is 22.5. The second-order valence-electron chi connectivity index (χ2n) is 14.6. The Bertz CT molecular complexity index is 959. The van der Waals surface area contributed by atoms with Gasteiger partial charge in [-0.25, -0.2) is 19.2 Å². The third-order valence-electron chi connectivity index (χ3n) is 7.40. The Balaban J connectivity index is 0. The van der Waals surface area contributed by atoms with Gasteiger partial charge in [-0.05, 0) is 102 Å². The van der Waals surface area contributed by atoms with Crippen LogP contribution in [0.2, 0.25) is 76.6 Å². The van der Waals surface area contributed by atoms with Crippen LogP contribution in [0, 0.1) is 0 Å². The molecule has 0 N–H and O–H groups in total. The molecule has 14 nitrogen and oxygen atoms in total. The predicted octanol–water partition coefficient (Wildman–Crippen LogP) is 11.1. The Morgan fingerprint density at radius 2 is 0.556 bits per heavy atom. The van der Waals surface area contributed by atoms with E-state index in [1.165, 1.54) is 0 Å². The van der Waals surface area contributed by atoms with Crippen molar-refractivity contribution in [2.75, 3.05) is 26.4 Å². The van der Waals surface area contributed by atoms with Gasteiger partial charge >= 0.3 is 24.6 Å². The van der Waals surface area contributed by atoms with Crippen LogP contribution >= 0.6 is 0 Å². The zero-order valence-electron chi connectivity index (χ0n) is 34.2. The number of hydrogen-bond acceptors (Lipinski definition) is 14. The van der Waals surface area contributed by atoms with Gasteiger partial charge in [0.1, 0.15) is 0 Å². The molecule has 0 saturated carbocycles. The zero-order valence-corrected chi connectivity index (χ0v) is 38.2. The molecule has 0 aromatic rings. The molecule has 0 amide bonds. The third kappa shape index (κ3) is 34.6. The highest BCUT2D eigenvalue weighted by Gasteiger charge is 2.33. The molecule has 0 rings (SSSR count). The lowest BCUT2D eigenvalue weighted by atomic mass is 10.4. The molecule has 0 aliphatic heterocycles. The minimum atomic E-state index is -1.77. The maximum absolute atomic E-state index is 11.0. The summed E-state index contributed by atoms with van der Waals surface area (Å²) in [5.41, 5.74) is 0. The van der Waals surface area contributed by atoms with E-state index >= 15 is 0 Å². The molecule has 0 bridgehead atoms. The quantitative estimate of drug-likeness (QED) is 0.0241. The average Bonchev–Trinajstić information content (AvgIpc) is 3.03. The summed E-state index contributed by atoms with van der Waals surface area (Å²) in [7, 11) is -7.08. The molecule has 0 radical (unpaired) electrons. The fourth-order valence-electron chi connectivity index (χ4n) is 5.34. The van der Waals surface area contributed by atoms with Gasteiger partial charge in [0.05, 0.1) is 51.5 Å². The number of unbranched alkanes of at least 4 members (excludes halogenated alkanes) is 4. The minimum absolute atomic E-state index is 0.340. The SMILES string of the molecule is C=COC(=O)OCCCC[Si](C)(C)O[Si](C)(C)CCCCOC(=O)OC=C.C=COC(=O)OCCCC[Si](C)(C)O[Si](C)(C)CCCCOC(=O)OC=C. The van der Waals surface area contributed by atoms with E-state index in [1.807, 2.05) is 0 Å². The van der Waals surface area contributed by atoms with Gasteiger partial charge in [0.25, 0.3) is 0 Å². The second-order valence-corrected chi connectivity index (χ2v) is 32.3. The molecule has 0 aliphatic carbocycles. The zero-order chi connectivity index (χ0) is 41.5. The van der Waals surface area contributed by atoms with Gasteiger partial charge in [-0.15, -0.1) is 0 Å². The molecular formula is C36H68O14Si4. The summed E-state index contributed by atoms with van der Waals surface area (Å²) in [5, 5.41) is 0. The Labute approximate surface area is 328 Å². The summed E-state index contributed by atoms with van der Waals surface area (Å²) in [6.07, 6.45) is 8.29. The molecule has 0 spiro atoms. The van der Waals surface area contributed by atoms with E-state index in [9.17, 15) is 19.2 Å². The number of carbonyl (C=O) groups excluding carboxylic acids is 4. The van der Waals surface area contributed by atoms with E-state index < -0.39 is 57.9 Å². The van der Waals surface area contributed by atoms with Crippen molar-refractivity contribution >= 4 is 57.9 Å². The smallest absolute Gasteiger partial charge is 0.455 e. The lowest BCUT2D eigenvalue weighted by Gasteiger charge is -2.34. The summed E-state index contributed by atoms with van der Waals surface area (Å²) >= 11 is 0. The van der Waals surface area contributed by atoms with E-state index in [4.69, 9.17) is 27.2 Å². The fourth-order valence-corrected chi connectivity index (χ4v) is 23.3. The van der Waals surface area contributed by atoms with E-state index in [-0.39, 0.29) is 0 Å². The monoisotopic (exact) mass is 836 g/mol. The van der Waals surface area contributed by atoms with Gasteiger partial charge in [0.15, 0.2) is 33.3 Å². The molecule has 0 atom stereocenters. The molecule has 0 aromatic carbocycles. The normalized spacial score (nSPS) is 11.4. The van der Waals surface area contributed by atoms with Crippen molar-refractivity contribution in [1.29, 1.82) is 0 Å². The summed E-state index contributed by atoms with van der Waals surface area (Å²) < 4.78 is 50.7. The lowest BCUT2D eigenvalue weighted by Crippen LogP contribution is -2.44. The molecule has 18 heteroatoms. The van der Waals surface area contributed by atoms with Crippen molar-refractivity contribution in [2.24, 2.45) is 0 Å². The Hall–Kier alpha value is -3.17. The molecule has 0 aromatic heterocycles. The van der Waals surface area contributed by atoms with Crippen LogP contribution < -0.4 is 0 Å². The van der Waals surface area contributed by atoms with Crippen molar-refractivity contribution < 1.29 is 65.3 Å². The summed E-state index contributed by atoms with van der Waals surface area (Å²) in [6, 6.07) is 4.05. The molecule has 312 valence electrons. The van der Waals surface area contributed by atoms with Crippen LogP contribution in [0.3, 0.4) is 0 Å². The Morgan fingerprint density at radius 1 is 0.370 bits per heavy atom. The lowest BCUT2D eigenvalue weighted by molar-refractivity contribution is 0.0827. The van der Waals surface area contributed by atoms with Crippen molar-refractivity contribution in [3.63, 3.8) is 0 Å². The van der Waals surface area contributed by atoms with E-state index in [0.29, 0.717) is 26.4 Å². The fraction of sp³-hybridized carbons (Fsp3) is 0.667. The number of hydrogen-bond donors (Lipinski definition) is 0. The average molecular weight is 837 g/mol. The molecule has 54 heavy (non-hydrogen) atoms. The van der Waals surface area contributed by atoms with E-state index in [0.717, 1.165) is 101 Å². The molecule has 0 unspecified atom stereocenters.